The number of hydrogen-bond acceptors (Lipinski definition) is 2. The Labute approximate surface area is 91.8 Å². The Morgan fingerprint density at radius 1 is 1.44 bits per heavy atom. The predicted molar refractivity (Wildman–Crippen MR) is 54.9 cm³/mol. The molecule has 0 aliphatic carbocycles. The number of halogens is 2. The molecule has 1 fully saturated rings. The van der Waals surface area contributed by atoms with Crippen LogP contribution in [0.4, 0.5) is 8.78 Å². The molecule has 86 valence electrons. The molecule has 1 amide bonds. The van der Waals surface area contributed by atoms with Gasteiger partial charge in [0.25, 0.3) is 5.91 Å². The summed E-state index contributed by atoms with van der Waals surface area (Å²) in [6.45, 7) is 0.951. The smallest absolute Gasteiger partial charge is 0.256 e. The summed E-state index contributed by atoms with van der Waals surface area (Å²) in [5.74, 6) is -1.94. The van der Waals surface area contributed by atoms with Gasteiger partial charge in [-0.2, -0.15) is 0 Å². The maximum Gasteiger partial charge on any atom is 0.256 e. The van der Waals surface area contributed by atoms with E-state index in [1.165, 1.54) is 4.90 Å². The number of carbonyl (C=O) groups is 1. The normalized spacial score (nSPS) is 20.2. The summed E-state index contributed by atoms with van der Waals surface area (Å²) in [5.41, 5.74) is 5.55. The zero-order valence-corrected chi connectivity index (χ0v) is 8.62. The minimum Gasteiger partial charge on any atom is -0.337 e. The van der Waals surface area contributed by atoms with Crippen LogP contribution in [-0.2, 0) is 0 Å². The third-order valence-corrected chi connectivity index (χ3v) is 2.67. The van der Waals surface area contributed by atoms with Crippen molar-refractivity contribution in [2.24, 2.45) is 5.73 Å². The highest BCUT2D eigenvalue weighted by molar-refractivity contribution is 5.94. The van der Waals surface area contributed by atoms with Crippen LogP contribution in [0.5, 0.6) is 0 Å². The number of benzene rings is 1. The lowest BCUT2D eigenvalue weighted by atomic mass is 10.2. The molecule has 2 N–H and O–H groups in total. The van der Waals surface area contributed by atoms with Gasteiger partial charge in [0.05, 0.1) is 5.56 Å². The van der Waals surface area contributed by atoms with Gasteiger partial charge in [-0.1, -0.05) is 0 Å². The SMILES string of the molecule is N[C@@H]1CCN(C(=O)c2ccc(F)cc2F)C1. The topological polar surface area (TPSA) is 46.3 Å². The number of carbonyl (C=O) groups excluding carboxylic acids is 1. The molecule has 0 spiro atoms. The van der Waals surface area contributed by atoms with E-state index in [1.54, 1.807) is 0 Å². The molecule has 5 heteroatoms. The number of likely N-dealkylation sites (tertiary alicyclic amines) is 1. The van der Waals surface area contributed by atoms with E-state index in [2.05, 4.69) is 0 Å². The molecule has 1 aliphatic rings. The Hall–Kier alpha value is -1.49. The third kappa shape index (κ3) is 2.04. The van der Waals surface area contributed by atoms with Crippen molar-refractivity contribution in [1.29, 1.82) is 0 Å². The number of amides is 1. The molecule has 0 bridgehead atoms. The average molecular weight is 226 g/mol. The summed E-state index contributed by atoms with van der Waals surface area (Å²) >= 11 is 0. The van der Waals surface area contributed by atoms with Crippen molar-refractivity contribution in [2.75, 3.05) is 13.1 Å². The number of nitrogens with zero attached hydrogens (tertiary/aromatic N) is 1. The van der Waals surface area contributed by atoms with Crippen LogP contribution in [0.15, 0.2) is 18.2 Å². The van der Waals surface area contributed by atoms with Crippen molar-refractivity contribution < 1.29 is 13.6 Å². The van der Waals surface area contributed by atoms with Gasteiger partial charge in [0.1, 0.15) is 11.6 Å². The van der Waals surface area contributed by atoms with Gasteiger partial charge in [0.15, 0.2) is 0 Å². The third-order valence-electron chi connectivity index (χ3n) is 2.67. The minimum absolute atomic E-state index is 0.0486. The Morgan fingerprint density at radius 2 is 2.19 bits per heavy atom. The van der Waals surface area contributed by atoms with Crippen LogP contribution in [0.25, 0.3) is 0 Å². The van der Waals surface area contributed by atoms with E-state index in [-0.39, 0.29) is 11.6 Å². The number of rotatable bonds is 1. The molecule has 0 unspecified atom stereocenters. The maximum atomic E-state index is 13.3. The molecule has 1 atom stereocenters. The van der Waals surface area contributed by atoms with Crippen LogP contribution in [0.2, 0.25) is 0 Å². The molecule has 1 aromatic carbocycles. The fourth-order valence-electron chi connectivity index (χ4n) is 1.81. The molecule has 0 saturated carbocycles. The fourth-order valence-corrected chi connectivity index (χ4v) is 1.81. The highest BCUT2D eigenvalue weighted by Crippen LogP contribution is 2.15. The molecule has 1 aliphatic heterocycles. The second kappa shape index (κ2) is 4.17. The zero-order valence-electron chi connectivity index (χ0n) is 8.62. The van der Waals surface area contributed by atoms with Gasteiger partial charge < -0.3 is 10.6 Å². The van der Waals surface area contributed by atoms with E-state index in [4.69, 9.17) is 5.73 Å². The van der Waals surface area contributed by atoms with Crippen LogP contribution < -0.4 is 5.73 Å². The first-order valence-corrected chi connectivity index (χ1v) is 5.08. The van der Waals surface area contributed by atoms with Gasteiger partial charge in [-0.05, 0) is 18.6 Å². The van der Waals surface area contributed by atoms with Crippen LogP contribution in [-0.4, -0.2) is 29.9 Å². The van der Waals surface area contributed by atoms with E-state index in [9.17, 15) is 13.6 Å². The second-order valence-electron chi connectivity index (χ2n) is 3.92. The minimum atomic E-state index is -0.828. The highest BCUT2D eigenvalue weighted by Gasteiger charge is 2.26. The van der Waals surface area contributed by atoms with Gasteiger partial charge in [-0.15, -0.1) is 0 Å². The van der Waals surface area contributed by atoms with Crippen molar-refractivity contribution in [3.63, 3.8) is 0 Å². The molecule has 1 saturated heterocycles. The van der Waals surface area contributed by atoms with Crippen LogP contribution >= 0.6 is 0 Å². The van der Waals surface area contributed by atoms with E-state index in [0.717, 1.165) is 12.1 Å². The first kappa shape index (κ1) is 11.0. The van der Waals surface area contributed by atoms with Crippen LogP contribution in [0.1, 0.15) is 16.8 Å². The Kier molecular flexibility index (Phi) is 2.87. The highest BCUT2D eigenvalue weighted by atomic mass is 19.1. The molecule has 3 nitrogen and oxygen atoms in total. The van der Waals surface area contributed by atoms with Crippen LogP contribution in [0.3, 0.4) is 0 Å². The lowest BCUT2D eigenvalue weighted by Crippen LogP contribution is -2.32. The molecule has 2 rings (SSSR count). The van der Waals surface area contributed by atoms with E-state index in [0.29, 0.717) is 25.6 Å². The van der Waals surface area contributed by atoms with Gasteiger partial charge in [-0.25, -0.2) is 8.78 Å². The summed E-state index contributed by atoms with van der Waals surface area (Å²) in [5, 5.41) is 0. The maximum absolute atomic E-state index is 13.3. The number of nitrogens with two attached hydrogens (primary N) is 1. The van der Waals surface area contributed by atoms with E-state index in [1.807, 2.05) is 0 Å². The van der Waals surface area contributed by atoms with Crippen molar-refractivity contribution in [3.8, 4) is 0 Å². The largest absolute Gasteiger partial charge is 0.337 e. The Morgan fingerprint density at radius 3 is 2.75 bits per heavy atom. The van der Waals surface area contributed by atoms with Crippen LogP contribution in [0, 0.1) is 11.6 Å². The molecule has 0 radical (unpaired) electrons. The predicted octanol–water partition coefficient (Wildman–Crippen LogP) is 1.14. The van der Waals surface area contributed by atoms with Crippen molar-refractivity contribution in [2.45, 2.75) is 12.5 Å². The zero-order chi connectivity index (χ0) is 11.7. The lowest BCUT2D eigenvalue weighted by Gasteiger charge is -2.15. The molecular formula is C11H12F2N2O. The summed E-state index contributed by atoms with van der Waals surface area (Å²) in [6.07, 6.45) is 0.717. The van der Waals surface area contributed by atoms with Gasteiger partial charge in [0, 0.05) is 25.2 Å². The lowest BCUT2D eigenvalue weighted by molar-refractivity contribution is 0.0786. The molecule has 1 aromatic rings. The summed E-state index contributed by atoms with van der Waals surface area (Å²) in [6, 6.07) is 2.90. The first-order chi connectivity index (χ1) is 7.58. The summed E-state index contributed by atoms with van der Waals surface area (Å²) in [4.78, 5) is 13.3. The Balaban J connectivity index is 2.21. The molecular weight excluding hydrogens is 214 g/mol. The number of hydrogen-bond donors (Lipinski definition) is 1. The van der Waals surface area contributed by atoms with Gasteiger partial charge >= 0.3 is 0 Å². The van der Waals surface area contributed by atoms with Crippen molar-refractivity contribution >= 4 is 5.91 Å². The first-order valence-electron chi connectivity index (χ1n) is 5.08. The summed E-state index contributed by atoms with van der Waals surface area (Å²) in [7, 11) is 0. The quantitative estimate of drug-likeness (QED) is 0.780. The second-order valence-corrected chi connectivity index (χ2v) is 3.92. The average Bonchev–Trinajstić information content (AvgIpc) is 2.64. The summed E-state index contributed by atoms with van der Waals surface area (Å²) < 4.78 is 26.0. The molecule has 0 aromatic heterocycles. The Bertz CT molecular complexity index is 422. The van der Waals surface area contributed by atoms with E-state index >= 15 is 0 Å². The van der Waals surface area contributed by atoms with Crippen molar-refractivity contribution in [3.05, 3.63) is 35.4 Å². The molecule has 16 heavy (non-hydrogen) atoms. The standard InChI is InChI=1S/C11H12F2N2O/c12-7-1-2-9(10(13)5-7)11(16)15-4-3-8(14)6-15/h1-2,5,8H,3-4,6,14H2/t8-/m1/s1. The monoisotopic (exact) mass is 226 g/mol. The fraction of sp³-hybridized carbons (Fsp3) is 0.364. The van der Waals surface area contributed by atoms with Crippen molar-refractivity contribution in [1.82, 2.24) is 4.90 Å². The van der Waals surface area contributed by atoms with Gasteiger partial charge in [-0.3, -0.25) is 4.79 Å². The van der Waals surface area contributed by atoms with E-state index < -0.39 is 17.5 Å². The van der Waals surface area contributed by atoms with Gasteiger partial charge in [0.2, 0.25) is 0 Å². The molecule has 1 heterocycles.